The molecule has 6 nitrogen and oxygen atoms in total. The Morgan fingerprint density at radius 2 is 1.90 bits per heavy atom. The first-order valence-electron chi connectivity index (χ1n) is 9.88. The van der Waals surface area contributed by atoms with Gasteiger partial charge in [-0.25, -0.2) is 14.2 Å². The van der Waals surface area contributed by atoms with E-state index in [2.05, 4.69) is 29.1 Å². The quantitative estimate of drug-likeness (QED) is 0.400. The fourth-order valence-corrected chi connectivity index (χ4v) is 4.09. The molecule has 1 aromatic heterocycles. The minimum atomic E-state index is -0.714. The van der Waals surface area contributed by atoms with Gasteiger partial charge in [0.1, 0.15) is 11.6 Å². The number of rotatable bonds is 6. The number of nitrogens with one attached hydrogen (secondary N) is 2. The third kappa shape index (κ3) is 4.75. The highest BCUT2D eigenvalue weighted by molar-refractivity contribution is 7.99. The first kappa shape index (κ1) is 22.1. The molecule has 0 unspecified atom stereocenters. The summed E-state index contributed by atoms with van der Waals surface area (Å²) in [4.78, 5) is 33.4. The number of nitrogens with zero attached hydrogens (tertiary/aromatic N) is 1. The van der Waals surface area contributed by atoms with E-state index in [-0.39, 0.29) is 11.7 Å². The molecule has 8 heteroatoms. The second kappa shape index (κ2) is 9.04. The molecule has 2 aromatic rings. The van der Waals surface area contributed by atoms with E-state index in [9.17, 15) is 14.0 Å². The average molecular weight is 432 g/mol. The van der Waals surface area contributed by atoms with Crippen LogP contribution in [0.15, 0.2) is 45.5 Å². The van der Waals surface area contributed by atoms with Crippen LogP contribution in [0.1, 0.15) is 51.7 Å². The van der Waals surface area contributed by atoms with Gasteiger partial charge in [-0.3, -0.25) is 4.79 Å². The van der Waals surface area contributed by atoms with Crippen LogP contribution >= 0.6 is 11.8 Å². The van der Waals surface area contributed by atoms with Gasteiger partial charge < -0.3 is 15.0 Å². The molecule has 0 radical (unpaired) electrons. The predicted molar refractivity (Wildman–Crippen MR) is 116 cm³/mol. The highest BCUT2D eigenvalue weighted by atomic mass is 32.2. The number of carbonyl (C=O) groups is 1. The van der Waals surface area contributed by atoms with Crippen molar-refractivity contribution < 1.29 is 13.9 Å². The molecule has 1 aromatic carbocycles. The van der Waals surface area contributed by atoms with Crippen molar-refractivity contribution in [3.63, 3.8) is 0 Å². The van der Waals surface area contributed by atoms with Crippen molar-refractivity contribution >= 4 is 23.5 Å². The first-order valence-corrected chi connectivity index (χ1v) is 10.9. The van der Waals surface area contributed by atoms with Gasteiger partial charge in [-0.1, -0.05) is 37.7 Å². The lowest BCUT2D eigenvalue weighted by Gasteiger charge is -2.29. The van der Waals surface area contributed by atoms with Crippen molar-refractivity contribution in [3.8, 4) is 0 Å². The molecule has 0 bridgehead atoms. The topological polar surface area (TPSA) is 84.1 Å². The van der Waals surface area contributed by atoms with Gasteiger partial charge in [0.15, 0.2) is 5.16 Å². The Labute approximate surface area is 179 Å². The van der Waals surface area contributed by atoms with Crippen LogP contribution in [0, 0.1) is 11.7 Å². The van der Waals surface area contributed by atoms with E-state index in [0.717, 1.165) is 5.75 Å². The van der Waals surface area contributed by atoms with Gasteiger partial charge in [0, 0.05) is 11.4 Å². The molecule has 0 saturated carbocycles. The summed E-state index contributed by atoms with van der Waals surface area (Å²) in [5, 5.41) is 3.62. The Hall–Kier alpha value is -2.61. The van der Waals surface area contributed by atoms with Crippen LogP contribution in [0.4, 0.5) is 10.2 Å². The van der Waals surface area contributed by atoms with Crippen LogP contribution < -0.4 is 10.9 Å². The van der Waals surface area contributed by atoms with Gasteiger partial charge in [-0.2, -0.15) is 0 Å². The third-order valence-corrected chi connectivity index (χ3v) is 5.84. The largest absolute Gasteiger partial charge is 0.460 e. The van der Waals surface area contributed by atoms with E-state index in [1.54, 1.807) is 32.9 Å². The number of fused-ring (bicyclic) bond motifs is 1. The maximum absolute atomic E-state index is 13.5. The number of esters is 1. The average Bonchev–Trinajstić information content (AvgIpc) is 2.65. The maximum Gasteiger partial charge on any atom is 0.337 e. The van der Waals surface area contributed by atoms with Crippen LogP contribution in [0.2, 0.25) is 0 Å². The second-order valence-corrected chi connectivity index (χ2v) is 8.95. The molecule has 0 saturated heterocycles. The van der Waals surface area contributed by atoms with Crippen molar-refractivity contribution in [2.24, 2.45) is 5.92 Å². The predicted octanol–water partition coefficient (Wildman–Crippen LogP) is 4.44. The summed E-state index contributed by atoms with van der Waals surface area (Å²) >= 11 is 1.47. The minimum Gasteiger partial charge on any atom is -0.460 e. The van der Waals surface area contributed by atoms with Gasteiger partial charge in [-0.05, 0) is 44.4 Å². The highest BCUT2D eigenvalue weighted by Gasteiger charge is 2.36. The zero-order chi connectivity index (χ0) is 22.0. The summed E-state index contributed by atoms with van der Waals surface area (Å²) in [6.45, 7) is 9.45. The van der Waals surface area contributed by atoms with Crippen molar-refractivity contribution in [3.05, 3.63) is 62.8 Å². The number of H-pyrrole nitrogens is 1. The van der Waals surface area contributed by atoms with E-state index in [0.29, 0.717) is 39.3 Å². The van der Waals surface area contributed by atoms with Gasteiger partial charge in [0.25, 0.3) is 5.56 Å². The fourth-order valence-electron chi connectivity index (χ4n) is 3.28. The summed E-state index contributed by atoms with van der Waals surface area (Å²) in [6, 6.07) is 5.77. The molecule has 0 fully saturated rings. The number of thioether (sulfide) groups is 1. The number of anilines is 1. The molecule has 3 rings (SSSR count). The molecule has 1 aliphatic heterocycles. The molecule has 30 heavy (non-hydrogen) atoms. The molecule has 1 atom stereocenters. The van der Waals surface area contributed by atoms with Crippen LogP contribution in [0.5, 0.6) is 0 Å². The van der Waals surface area contributed by atoms with Crippen LogP contribution in [-0.2, 0) is 9.53 Å². The summed E-state index contributed by atoms with van der Waals surface area (Å²) in [7, 11) is 0. The number of aromatic amines is 1. The number of hydrogen-bond donors (Lipinski definition) is 2. The van der Waals surface area contributed by atoms with E-state index in [4.69, 9.17) is 4.74 Å². The Morgan fingerprint density at radius 1 is 1.23 bits per heavy atom. The van der Waals surface area contributed by atoms with E-state index in [1.807, 2.05) is 0 Å². The highest BCUT2D eigenvalue weighted by Crippen LogP contribution is 2.40. The summed E-state index contributed by atoms with van der Waals surface area (Å²) in [5.74, 6) is 0.0194. The molecule has 160 valence electrons. The maximum atomic E-state index is 13.5. The number of aromatic nitrogens is 2. The molecule has 2 N–H and O–H groups in total. The van der Waals surface area contributed by atoms with Crippen LogP contribution in [0.3, 0.4) is 0 Å². The summed E-state index contributed by atoms with van der Waals surface area (Å²) in [5.41, 5.74) is 1.47. The molecular weight excluding hydrogens is 405 g/mol. The first-order chi connectivity index (χ1) is 14.2. The van der Waals surface area contributed by atoms with E-state index in [1.165, 1.54) is 23.9 Å². The van der Waals surface area contributed by atoms with Crippen molar-refractivity contribution in [1.82, 2.24) is 9.97 Å². The Balaban J connectivity index is 2.14. The molecule has 0 spiro atoms. The molecular formula is C22H26FN3O3S. The van der Waals surface area contributed by atoms with Crippen molar-refractivity contribution in [2.75, 3.05) is 11.1 Å². The van der Waals surface area contributed by atoms with Gasteiger partial charge >= 0.3 is 5.97 Å². The Kier molecular flexibility index (Phi) is 6.65. The van der Waals surface area contributed by atoms with E-state index >= 15 is 0 Å². The minimum absolute atomic E-state index is 0.316. The Morgan fingerprint density at radius 3 is 2.50 bits per heavy atom. The van der Waals surface area contributed by atoms with E-state index < -0.39 is 17.7 Å². The third-order valence-electron chi connectivity index (χ3n) is 4.54. The van der Waals surface area contributed by atoms with Crippen LogP contribution in [-0.4, -0.2) is 27.8 Å². The van der Waals surface area contributed by atoms with Gasteiger partial charge in [0.05, 0.1) is 23.2 Å². The lowest BCUT2D eigenvalue weighted by atomic mass is 9.82. The molecule has 2 heterocycles. The zero-order valence-electron chi connectivity index (χ0n) is 17.7. The normalized spacial score (nSPS) is 15.9. The number of hydrogen-bond acceptors (Lipinski definition) is 6. The summed E-state index contributed by atoms with van der Waals surface area (Å²) in [6.07, 6.45) is -0.320. The molecule has 1 aliphatic rings. The van der Waals surface area contributed by atoms with Crippen LogP contribution in [0.25, 0.3) is 0 Å². The summed E-state index contributed by atoms with van der Waals surface area (Å²) < 4.78 is 19.0. The van der Waals surface area contributed by atoms with Gasteiger partial charge in [0.2, 0.25) is 0 Å². The fraction of sp³-hybridized carbons (Fsp3) is 0.409. The number of ether oxygens (including phenoxy) is 1. The lowest BCUT2D eigenvalue weighted by molar-refractivity contribution is -0.143. The SMILES string of the molecule is CC1=C(C(=O)OC(C)C)[C@H](c2ccc(F)cc2)c2c(nc(SCC(C)C)[nH]c2=O)N1. The van der Waals surface area contributed by atoms with Crippen molar-refractivity contribution in [1.29, 1.82) is 0 Å². The van der Waals surface area contributed by atoms with Crippen molar-refractivity contribution in [2.45, 2.75) is 51.8 Å². The monoisotopic (exact) mass is 431 g/mol. The number of allylic oxidation sites excluding steroid dienone is 1. The number of carbonyl (C=O) groups excluding carboxylic acids is 1. The lowest BCUT2D eigenvalue weighted by Crippen LogP contribution is -2.31. The second-order valence-electron chi connectivity index (χ2n) is 7.94. The zero-order valence-corrected chi connectivity index (χ0v) is 18.5. The number of benzene rings is 1. The molecule has 0 amide bonds. The smallest absolute Gasteiger partial charge is 0.337 e. The standard InChI is InChI=1S/C22H26FN3O3S/c1-11(2)10-30-22-25-19-18(20(27)26-22)17(14-6-8-15(23)9-7-14)16(13(5)24-19)21(28)29-12(3)4/h6-9,11-12,17H,10H2,1-5H3,(H2,24,25,26,27)/t17-/m0/s1. The van der Waals surface area contributed by atoms with Gasteiger partial charge in [-0.15, -0.1) is 0 Å². The molecule has 0 aliphatic carbocycles. The number of halogens is 1. The Bertz CT molecular complexity index is 1030.